The van der Waals surface area contributed by atoms with Crippen LogP contribution in [0.15, 0.2) is 60.8 Å². The van der Waals surface area contributed by atoms with Crippen LogP contribution in [0.25, 0.3) is 10.6 Å². The first-order valence-corrected chi connectivity index (χ1v) is 8.96. The molecule has 0 atom stereocenters. The number of thiophene rings is 1. The van der Waals surface area contributed by atoms with E-state index < -0.39 is 5.91 Å². The van der Waals surface area contributed by atoms with E-state index >= 15 is 0 Å². The summed E-state index contributed by atoms with van der Waals surface area (Å²) in [6.45, 7) is 2.04. The van der Waals surface area contributed by atoms with E-state index in [2.05, 4.69) is 10.3 Å². The average molecular weight is 369 g/mol. The van der Waals surface area contributed by atoms with E-state index in [0.717, 1.165) is 28.4 Å². The number of nitrogens with zero attached hydrogens (tertiary/aromatic N) is 1. The molecule has 3 rings (SSSR count). The molecule has 0 bridgehead atoms. The summed E-state index contributed by atoms with van der Waals surface area (Å²) < 4.78 is 5.62. The molecule has 1 aromatic carbocycles. The van der Waals surface area contributed by atoms with E-state index in [1.165, 1.54) is 11.3 Å². The van der Waals surface area contributed by atoms with E-state index in [-0.39, 0.29) is 0 Å². The number of rotatable bonds is 8. The molecule has 0 unspecified atom stereocenters. The number of carbonyl (C=O) groups excluding carboxylic acids is 1. The fourth-order valence-electron chi connectivity index (χ4n) is 2.32. The normalized spacial score (nSPS) is 10.5. The van der Waals surface area contributed by atoms with Crippen molar-refractivity contribution in [2.45, 2.75) is 6.54 Å². The summed E-state index contributed by atoms with van der Waals surface area (Å²) >= 11 is 1.28. The number of hydrogen-bond acceptors (Lipinski definition) is 6. The van der Waals surface area contributed by atoms with Crippen LogP contribution in [-0.2, 0) is 6.54 Å². The maximum absolute atomic E-state index is 11.4. The first-order valence-electron chi connectivity index (χ1n) is 8.14. The highest BCUT2D eigenvalue weighted by atomic mass is 32.1. The molecule has 134 valence electrons. The zero-order chi connectivity index (χ0) is 18.2. The lowest BCUT2D eigenvalue weighted by Gasteiger charge is -2.07. The molecule has 0 fully saturated rings. The molecule has 0 radical (unpaired) electrons. The van der Waals surface area contributed by atoms with Gasteiger partial charge in [-0.25, -0.2) is 5.48 Å². The highest BCUT2D eigenvalue weighted by molar-refractivity contribution is 7.17. The quantitative estimate of drug-likeness (QED) is 0.323. The molecule has 26 heavy (non-hydrogen) atoms. The molecule has 0 aliphatic carbocycles. The molecule has 0 saturated heterocycles. The van der Waals surface area contributed by atoms with Gasteiger partial charge in [-0.1, -0.05) is 24.3 Å². The summed E-state index contributed by atoms with van der Waals surface area (Å²) in [5.74, 6) is 0.352. The Morgan fingerprint density at radius 1 is 1.12 bits per heavy atom. The Labute approximate surface area is 155 Å². The molecule has 0 spiro atoms. The Kier molecular flexibility index (Phi) is 6.32. The summed E-state index contributed by atoms with van der Waals surface area (Å²) in [6, 6.07) is 17.1. The van der Waals surface area contributed by atoms with Gasteiger partial charge in [0, 0.05) is 19.3 Å². The van der Waals surface area contributed by atoms with Gasteiger partial charge in [-0.2, -0.15) is 0 Å². The zero-order valence-electron chi connectivity index (χ0n) is 14.0. The van der Waals surface area contributed by atoms with Gasteiger partial charge in [0.05, 0.1) is 15.4 Å². The Hall–Kier alpha value is -2.74. The minimum atomic E-state index is -0.514. The third-order valence-corrected chi connectivity index (χ3v) is 4.73. The summed E-state index contributed by atoms with van der Waals surface area (Å²) in [5.41, 5.74) is 3.49. The topological polar surface area (TPSA) is 83.5 Å². The van der Waals surface area contributed by atoms with Gasteiger partial charge in [-0.3, -0.25) is 15.0 Å². The second-order valence-corrected chi connectivity index (χ2v) is 6.58. The maximum atomic E-state index is 11.4. The average Bonchev–Trinajstić information content (AvgIpc) is 3.19. The van der Waals surface area contributed by atoms with Gasteiger partial charge in [-0.15, -0.1) is 11.3 Å². The van der Waals surface area contributed by atoms with Crippen molar-refractivity contribution in [1.29, 1.82) is 0 Å². The van der Waals surface area contributed by atoms with E-state index in [4.69, 9.17) is 9.94 Å². The number of carbonyl (C=O) groups is 1. The molecule has 3 N–H and O–H groups in total. The Balaban J connectivity index is 1.45. The summed E-state index contributed by atoms with van der Waals surface area (Å²) in [5, 5.41) is 12.0. The van der Waals surface area contributed by atoms with E-state index in [1.54, 1.807) is 11.5 Å². The molecule has 6 nitrogen and oxygen atoms in total. The second kappa shape index (κ2) is 9.10. The largest absolute Gasteiger partial charge is 0.492 e. The lowest BCUT2D eigenvalue weighted by molar-refractivity contribution is 0.0711. The minimum Gasteiger partial charge on any atom is -0.492 e. The van der Waals surface area contributed by atoms with Crippen molar-refractivity contribution in [3.8, 4) is 16.3 Å². The van der Waals surface area contributed by atoms with Crippen molar-refractivity contribution in [2.75, 3.05) is 13.2 Å². The van der Waals surface area contributed by atoms with Crippen LogP contribution in [0.1, 0.15) is 15.2 Å². The van der Waals surface area contributed by atoms with E-state index in [9.17, 15) is 4.79 Å². The smallest absolute Gasteiger partial charge is 0.284 e. The van der Waals surface area contributed by atoms with Gasteiger partial charge >= 0.3 is 0 Å². The highest BCUT2D eigenvalue weighted by Gasteiger charge is 2.10. The van der Waals surface area contributed by atoms with Crippen LogP contribution in [-0.4, -0.2) is 29.3 Å². The highest BCUT2D eigenvalue weighted by Crippen LogP contribution is 2.26. The van der Waals surface area contributed by atoms with E-state index in [1.807, 2.05) is 54.7 Å². The predicted octanol–water partition coefficient (Wildman–Crippen LogP) is 3.10. The SMILES string of the molecule is O=C(NO)c1ccc(-c2ccc(CNCCOc3ccccc3)cn2)s1. The third-order valence-electron chi connectivity index (χ3n) is 3.63. The minimum absolute atomic E-state index is 0.438. The van der Waals surface area contributed by atoms with Crippen molar-refractivity contribution < 1.29 is 14.7 Å². The predicted molar refractivity (Wildman–Crippen MR) is 100 cm³/mol. The number of pyridine rings is 1. The van der Waals surface area contributed by atoms with Gasteiger partial charge in [-0.05, 0) is 35.9 Å². The second-order valence-electron chi connectivity index (χ2n) is 5.49. The molecule has 0 aliphatic rings. The number of hydroxylamine groups is 1. The fourth-order valence-corrected chi connectivity index (χ4v) is 3.19. The van der Waals surface area contributed by atoms with Crippen LogP contribution >= 0.6 is 11.3 Å². The van der Waals surface area contributed by atoms with Crippen LogP contribution in [0.4, 0.5) is 0 Å². The van der Waals surface area contributed by atoms with Crippen molar-refractivity contribution in [1.82, 2.24) is 15.8 Å². The summed E-state index contributed by atoms with van der Waals surface area (Å²) in [4.78, 5) is 17.1. The molecular weight excluding hydrogens is 350 g/mol. The fraction of sp³-hybridized carbons (Fsp3) is 0.158. The number of aromatic nitrogens is 1. The molecule has 1 amide bonds. The molecule has 3 aromatic rings. The molecule has 7 heteroatoms. The Morgan fingerprint density at radius 2 is 1.96 bits per heavy atom. The van der Waals surface area contributed by atoms with Gasteiger partial charge in [0.2, 0.25) is 0 Å². The van der Waals surface area contributed by atoms with Crippen LogP contribution in [0.2, 0.25) is 0 Å². The number of para-hydroxylation sites is 1. The summed E-state index contributed by atoms with van der Waals surface area (Å²) in [7, 11) is 0. The van der Waals surface area contributed by atoms with Crippen LogP contribution in [0.3, 0.4) is 0 Å². The standard InChI is InChI=1S/C19H19N3O3S/c23-19(22-24)18-9-8-17(26-18)16-7-6-14(13-21-16)12-20-10-11-25-15-4-2-1-3-5-15/h1-9,13,20,24H,10-12H2,(H,22,23). The van der Waals surface area contributed by atoms with Crippen molar-refractivity contribution in [3.63, 3.8) is 0 Å². The number of amides is 1. The first-order chi connectivity index (χ1) is 12.8. The van der Waals surface area contributed by atoms with Crippen LogP contribution in [0, 0.1) is 0 Å². The number of hydrogen-bond donors (Lipinski definition) is 3. The summed E-state index contributed by atoms with van der Waals surface area (Å²) in [6.07, 6.45) is 1.81. The van der Waals surface area contributed by atoms with Crippen molar-refractivity contribution in [3.05, 3.63) is 71.2 Å². The lowest BCUT2D eigenvalue weighted by atomic mass is 10.2. The Morgan fingerprint density at radius 3 is 2.69 bits per heavy atom. The van der Waals surface area contributed by atoms with Crippen molar-refractivity contribution >= 4 is 17.2 Å². The molecule has 2 heterocycles. The zero-order valence-corrected chi connectivity index (χ0v) is 14.8. The number of ether oxygens (including phenoxy) is 1. The Bertz CT molecular complexity index is 835. The third kappa shape index (κ3) is 4.89. The molecule has 0 aliphatic heterocycles. The number of nitrogens with one attached hydrogen (secondary N) is 2. The first kappa shape index (κ1) is 18.1. The van der Waals surface area contributed by atoms with Gasteiger partial charge in [0.1, 0.15) is 12.4 Å². The molecule has 2 aromatic heterocycles. The van der Waals surface area contributed by atoms with Crippen molar-refractivity contribution in [2.24, 2.45) is 0 Å². The van der Waals surface area contributed by atoms with E-state index in [0.29, 0.717) is 18.0 Å². The van der Waals surface area contributed by atoms with Crippen LogP contribution < -0.4 is 15.5 Å². The lowest BCUT2D eigenvalue weighted by Crippen LogP contribution is -2.20. The molecule has 0 saturated carbocycles. The maximum Gasteiger partial charge on any atom is 0.284 e. The van der Waals surface area contributed by atoms with Crippen LogP contribution in [0.5, 0.6) is 5.75 Å². The monoisotopic (exact) mass is 369 g/mol. The van der Waals surface area contributed by atoms with Gasteiger partial charge < -0.3 is 10.1 Å². The van der Waals surface area contributed by atoms with Gasteiger partial charge in [0.15, 0.2) is 0 Å². The van der Waals surface area contributed by atoms with Gasteiger partial charge in [0.25, 0.3) is 5.91 Å². The number of benzene rings is 1. The molecular formula is C19H19N3O3S.